The molecule has 0 saturated carbocycles. The summed E-state index contributed by atoms with van der Waals surface area (Å²) in [7, 11) is 1.37. The van der Waals surface area contributed by atoms with Crippen molar-refractivity contribution in [1.82, 2.24) is 9.97 Å². The van der Waals surface area contributed by atoms with Gasteiger partial charge in [0.05, 0.1) is 12.8 Å². The molecule has 2 aromatic heterocycles. The maximum atomic E-state index is 14.3. The van der Waals surface area contributed by atoms with Crippen LogP contribution in [0.2, 0.25) is 0 Å². The zero-order valence-electron chi connectivity index (χ0n) is 18.4. The van der Waals surface area contributed by atoms with Crippen LogP contribution < -0.4 is 4.74 Å². The molecule has 2 N–H and O–H groups in total. The maximum absolute atomic E-state index is 14.3. The highest BCUT2D eigenvalue weighted by Crippen LogP contribution is 2.45. The molecule has 4 aromatic rings. The van der Waals surface area contributed by atoms with Gasteiger partial charge >= 0.3 is 6.18 Å². The molecular formula is C25H24F4N2O2. The molecule has 1 atom stereocenters. The van der Waals surface area contributed by atoms with E-state index in [-0.39, 0.29) is 17.0 Å². The van der Waals surface area contributed by atoms with Gasteiger partial charge in [0, 0.05) is 40.0 Å². The Kier molecular flexibility index (Phi) is 5.60. The Bertz CT molecular complexity index is 1310. The van der Waals surface area contributed by atoms with Crippen LogP contribution in [-0.2, 0) is 11.8 Å². The molecule has 0 aliphatic heterocycles. The summed E-state index contributed by atoms with van der Waals surface area (Å²) in [4.78, 5) is 7.39. The Hall–Kier alpha value is -3.13. The minimum Gasteiger partial charge on any atom is -0.496 e. The molecule has 8 heteroatoms. The Morgan fingerprint density at radius 2 is 1.76 bits per heavy atom. The maximum Gasteiger partial charge on any atom is 0.417 e. The molecule has 0 bridgehead atoms. The molecule has 0 radical (unpaired) electrons. The van der Waals surface area contributed by atoms with Crippen molar-refractivity contribution in [2.45, 2.75) is 43.9 Å². The molecule has 0 saturated heterocycles. The fraction of sp³-hybridized carbons (Fsp3) is 0.320. The topological polar surface area (TPSA) is 58.1 Å². The van der Waals surface area contributed by atoms with E-state index >= 15 is 0 Å². The summed E-state index contributed by atoms with van der Waals surface area (Å²) in [6.45, 7) is 3.06. The number of rotatable bonds is 6. The van der Waals surface area contributed by atoms with Gasteiger partial charge in [-0.1, -0.05) is 32.0 Å². The molecule has 4 nitrogen and oxygen atoms in total. The van der Waals surface area contributed by atoms with Crippen LogP contribution in [0.5, 0.6) is 5.75 Å². The highest BCUT2D eigenvalue weighted by atomic mass is 19.4. The number of para-hydroxylation sites is 1. The van der Waals surface area contributed by atoms with Crippen LogP contribution in [0.3, 0.4) is 0 Å². The van der Waals surface area contributed by atoms with Crippen molar-refractivity contribution in [2.75, 3.05) is 7.11 Å². The lowest BCUT2D eigenvalue weighted by Crippen LogP contribution is -2.51. The van der Waals surface area contributed by atoms with Crippen LogP contribution in [-0.4, -0.2) is 34.0 Å². The second-order valence-electron chi connectivity index (χ2n) is 8.96. The van der Waals surface area contributed by atoms with E-state index in [0.717, 1.165) is 17.0 Å². The number of halogens is 4. The van der Waals surface area contributed by atoms with Gasteiger partial charge in [-0.2, -0.15) is 13.2 Å². The zero-order chi connectivity index (χ0) is 24.0. The molecule has 0 fully saturated rings. The van der Waals surface area contributed by atoms with Crippen LogP contribution in [0, 0.1) is 5.82 Å². The number of aliphatic hydroxyl groups is 1. The van der Waals surface area contributed by atoms with E-state index in [1.165, 1.54) is 39.3 Å². The number of ether oxygens (including phenoxy) is 1. The van der Waals surface area contributed by atoms with Gasteiger partial charge in [-0.3, -0.25) is 4.98 Å². The fourth-order valence-electron chi connectivity index (χ4n) is 4.57. The summed E-state index contributed by atoms with van der Waals surface area (Å²) in [5, 5.41) is 12.4. The number of H-pyrrole nitrogens is 1. The van der Waals surface area contributed by atoms with Crippen LogP contribution in [0.4, 0.5) is 17.6 Å². The van der Waals surface area contributed by atoms with Gasteiger partial charge in [-0.05, 0) is 42.2 Å². The van der Waals surface area contributed by atoms with Crippen LogP contribution in [0.25, 0.3) is 21.8 Å². The zero-order valence-corrected chi connectivity index (χ0v) is 18.4. The predicted octanol–water partition coefficient (Wildman–Crippen LogP) is 6.07. The lowest BCUT2D eigenvalue weighted by Gasteiger charge is -2.38. The lowest BCUT2D eigenvalue weighted by molar-refractivity contribution is -0.266. The van der Waals surface area contributed by atoms with Gasteiger partial charge in [0.2, 0.25) is 0 Å². The average Bonchev–Trinajstić information content (AvgIpc) is 3.12. The molecule has 1 unspecified atom stereocenters. The average molecular weight is 460 g/mol. The van der Waals surface area contributed by atoms with Crippen molar-refractivity contribution in [3.05, 3.63) is 71.8 Å². The number of alkyl halides is 3. The largest absolute Gasteiger partial charge is 0.496 e. The van der Waals surface area contributed by atoms with E-state index in [4.69, 9.17) is 4.74 Å². The third-order valence-corrected chi connectivity index (χ3v) is 6.11. The third kappa shape index (κ3) is 4.15. The summed E-state index contributed by atoms with van der Waals surface area (Å²) >= 11 is 0. The first-order valence-corrected chi connectivity index (χ1v) is 10.4. The number of benzene rings is 2. The summed E-state index contributed by atoms with van der Waals surface area (Å²) in [6.07, 6.45) is -5.01. The molecule has 2 heterocycles. The van der Waals surface area contributed by atoms with Gasteiger partial charge in [0.1, 0.15) is 11.6 Å². The third-order valence-electron chi connectivity index (χ3n) is 6.11. The van der Waals surface area contributed by atoms with E-state index in [9.17, 15) is 22.7 Å². The van der Waals surface area contributed by atoms with Crippen molar-refractivity contribution in [3.8, 4) is 5.75 Å². The Balaban J connectivity index is 1.81. The van der Waals surface area contributed by atoms with Crippen LogP contribution in [0.1, 0.15) is 31.5 Å². The SMILES string of the molecule is COc1ccc(F)cc1C(C)(C)CC(O)(Cc1nccc2[nH]c3ccccc3c12)C(F)(F)F. The van der Waals surface area contributed by atoms with Gasteiger partial charge < -0.3 is 14.8 Å². The van der Waals surface area contributed by atoms with Gasteiger partial charge in [0.25, 0.3) is 0 Å². The lowest BCUT2D eigenvalue weighted by atomic mass is 9.73. The van der Waals surface area contributed by atoms with Gasteiger partial charge in [-0.25, -0.2) is 4.39 Å². The minimum absolute atomic E-state index is 0.131. The van der Waals surface area contributed by atoms with Gasteiger partial charge in [0.15, 0.2) is 5.60 Å². The molecule has 2 aromatic carbocycles. The van der Waals surface area contributed by atoms with Crippen LogP contribution in [0.15, 0.2) is 54.7 Å². The monoisotopic (exact) mass is 460 g/mol. The number of fused-ring (bicyclic) bond motifs is 3. The number of hydrogen-bond acceptors (Lipinski definition) is 3. The van der Waals surface area contributed by atoms with Crippen LogP contribution >= 0.6 is 0 Å². The Labute approximate surface area is 188 Å². The first-order chi connectivity index (χ1) is 15.4. The number of methoxy groups -OCH3 is 1. The highest BCUT2D eigenvalue weighted by Gasteiger charge is 2.56. The standard InChI is InChI=1S/C25H24F4N2O2/c1-23(2,17-12-15(26)8-9-21(17)33-3)14-24(32,25(27,28)29)13-20-22-16-6-4-5-7-18(16)31-19(22)10-11-30-20/h4-12,31-32H,13-14H2,1-3H3. The summed E-state index contributed by atoms with van der Waals surface area (Å²) < 4.78 is 62.3. The van der Waals surface area contributed by atoms with E-state index in [2.05, 4.69) is 9.97 Å². The van der Waals surface area contributed by atoms with E-state index < -0.39 is 35.9 Å². The molecule has 33 heavy (non-hydrogen) atoms. The number of nitrogens with zero attached hydrogens (tertiary/aromatic N) is 1. The van der Waals surface area contributed by atoms with Crippen molar-refractivity contribution < 1.29 is 27.4 Å². The number of aromatic nitrogens is 2. The normalized spacial score (nSPS) is 14.5. The van der Waals surface area contributed by atoms with E-state index in [1.807, 2.05) is 12.1 Å². The summed E-state index contributed by atoms with van der Waals surface area (Å²) in [6, 6.07) is 12.6. The Morgan fingerprint density at radius 3 is 2.45 bits per heavy atom. The molecule has 0 aliphatic carbocycles. The first kappa shape index (κ1) is 23.0. The molecule has 174 valence electrons. The van der Waals surface area contributed by atoms with E-state index in [0.29, 0.717) is 10.9 Å². The highest BCUT2D eigenvalue weighted by molar-refractivity contribution is 6.08. The summed E-state index contributed by atoms with van der Waals surface area (Å²) in [5.41, 5.74) is -2.61. The quantitative estimate of drug-likeness (QED) is 0.344. The van der Waals surface area contributed by atoms with Crippen molar-refractivity contribution in [1.29, 1.82) is 0 Å². The van der Waals surface area contributed by atoms with E-state index in [1.54, 1.807) is 18.2 Å². The molecule has 0 spiro atoms. The molecular weight excluding hydrogens is 436 g/mol. The predicted molar refractivity (Wildman–Crippen MR) is 119 cm³/mol. The Morgan fingerprint density at radius 1 is 1.03 bits per heavy atom. The van der Waals surface area contributed by atoms with Gasteiger partial charge in [-0.15, -0.1) is 0 Å². The second-order valence-corrected chi connectivity index (χ2v) is 8.96. The fourth-order valence-corrected chi connectivity index (χ4v) is 4.57. The number of pyridine rings is 1. The molecule has 0 amide bonds. The summed E-state index contributed by atoms with van der Waals surface area (Å²) in [5.74, 6) is -0.345. The van der Waals surface area contributed by atoms with Crippen molar-refractivity contribution >= 4 is 21.8 Å². The number of nitrogens with one attached hydrogen (secondary N) is 1. The number of aromatic amines is 1. The number of hydrogen-bond donors (Lipinski definition) is 2. The van der Waals surface area contributed by atoms with Crippen molar-refractivity contribution in [2.24, 2.45) is 0 Å². The molecule has 0 aliphatic rings. The van der Waals surface area contributed by atoms with Crippen molar-refractivity contribution in [3.63, 3.8) is 0 Å². The first-order valence-electron chi connectivity index (χ1n) is 10.4. The smallest absolute Gasteiger partial charge is 0.417 e. The second kappa shape index (κ2) is 8.02. The molecule has 4 rings (SSSR count). The minimum atomic E-state index is -4.96.